The third-order valence-corrected chi connectivity index (χ3v) is 4.05. The van der Waals surface area contributed by atoms with Crippen molar-refractivity contribution in [2.24, 2.45) is 5.10 Å². The van der Waals surface area contributed by atoms with Crippen molar-refractivity contribution in [3.05, 3.63) is 34.8 Å². The molecule has 0 atom stereocenters. The first-order chi connectivity index (χ1) is 13.0. The first kappa shape index (κ1) is 20.4. The summed E-state index contributed by atoms with van der Waals surface area (Å²) < 4.78 is 15.3. The van der Waals surface area contributed by atoms with Crippen LogP contribution in [0.25, 0.3) is 0 Å². The zero-order valence-electron chi connectivity index (χ0n) is 15.4. The van der Waals surface area contributed by atoms with Crippen LogP contribution in [0, 0.1) is 0 Å². The van der Waals surface area contributed by atoms with Gasteiger partial charge in [0.25, 0.3) is 0 Å². The van der Waals surface area contributed by atoms with Crippen LogP contribution in [0.5, 0.6) is 11.5 Å². The summed E-state index contributed by atoms with van der Waals surface area (Å²) in [4.78, 5) is 27.1. The van der Waals surface area contributed by atoms with Crippen molar-refractivity contribution in [3.8, 4) is 11.5 Å². The second-order valence-corrected chi connectivity index (χ2v) is 6.09. The SMILES string of the molecule is CCOC(=O)Cc1csc(NN=Cc2ccc(OC(=O)CC)c(OC)c2)n1. The molecule has 1 N–H and O–H groups in total. The summed E-state index contributed by atoms with van der Waals surface area (Å²) in [7, 11) is 1.50. The fourth-order valence-corrected chi connectivity index (χ4v) is 2.66. The lowest BCUT2D eigenvalue weighted by Gasteiger charge is -2.09. The number of hydrogen-bond acceptors (Lipinski definition) is 9. The van der Waals surface area contributed by atoms with Crippen LogP contribution >= 0.6 is 11.3 Å². The molecule has 0 amide bonds. The van der Waals surface area contributed by atoms with Crippen molar-refractivity contribution in [1.82, 2.24) is 4.98 Å². The molecule has 1 heterocycles. The topological polar surface area (TPSA) is 99.1 Å². The van der Waals surface area contributed by atoms with Gasteiger partial charge in [0, 0.05) is 11.8 Å². The van der Waals surface area contributed by atoms with Gasteiger partial charge < -0.3 is 14.2 Å². The Labute approximate surface area is 161 Å². The van der Waals surface area contributed by atoms with E-state index >= 15 is 0 Å². The van der Waals surface area contributed by atoms with E-state index in [9.17, 15) is 9.59 Å². The Balaban J connectivity index is 1.97. The van der Waals surface area contributed by atoms with Gasteiger partial charge in [-0.15, -0.1) is 11.3 Å². The standard InChI is InChI=1S/C18H21N3O5S/c1-4-16(22)26-14-7-6-12(8-15(14)24-3)10-19-21-18-20-13(11-27-18)9-17(23)25-5-2/h6-8,10-11H,4-5,9H2,1-3H3,(H,20,21). The van der Waals surface area contributed by atoms with Crippen molar-refractivity contribution in [2.75, 3.05) is 19.1 Å². The summed E-state index contributed by atoms with van der Waals surface area (Å²) in [5.41, 5.74) is 4.18. The van der Waals surface area contributed by atoms with Crippen molar-refractivity contribution in [3.63, 3.8) is 0 Å². The number of carbonyl (C=O) groups excluding carboxylic acids is 2. The minimum absolute atomic E-state index is 0.130. The molecule has 0 fully saturated rings. The summed E-state index contributed by atoms with van der Waals surface area (Å²) in [6.45, 7) is 3.83. The van der Waals surface area contributed by atoms with Gasteiger partial charge in [0.1, 0.15) is 0 Å². The molecule has 144 valence electrons. The highest BCUT2D eigenvalue weighted by atomic mass is 32.1. The number of nitrogens with one attached hydrogen (secondary N) is 1. The quantitative estimate of drug-likeness (QED) is 0.304. The third kappa shape index (κ3) is 6.37. The minimum atomic E-state index is -0.334. The second-order valence-electron chi connectivity index (χ2n) is 5.23. The Hall–Kier alpha value is -2.94. The molecule has 0 radical (unpaired) electrons. The van der Waals surface area contributed by atoms with E-state index in [1.54, 1.807) is 43.6 Å². The number of hydrogen-bond donors (Lipinski definition) is 1. The average molecular weight is 391 g/mol. The maximum atomic E-state index is 11.4. The van der Waals surface area contributed by atoms with Crippen molar-refractivity contribution in [1.29, 1.82) is 0 Å². The van der Waals surface area contributed by atoms with Crippen LogP contribution in [-0.4, -0.2) is 36.9 Å². The van der Waals surface area contributed by atoms with Gasteiger partial charge in [-0.3, -0.25) is 15.0 Å². The number of hydrazone groups is 1. The smallest absolute Gasteiger partial charge is 0.311 e. The molecule has 2 aromatic rings. The molecule has 0 aliphatic carbocycles. The minimum Gasteiger partial charge on any atom is -0.493 e. The molecule has 1 aromatic heterocycles. The number of ether oxygens (including phenoxy) is 3. The van der Waals surface area contributed by atoms with Gasteiger partial charge in [-0.1, -0.05) is 6.92 Å². The normalized spacial score (nSPS) is 10.6. The number of aromatic nitrogens is 1. The monoisotopic (exact) mass is 391 g/mol. The van der Waals surface area contributed by atoms with Gasteiger partial charge in [0.2, 0.25) is 5.13 Å². The van der Waals surface area contributed by atoms with Crippen LogP contribution in [-0.2, 0) is 20.7 Å². The maximum absolute atomic E-state index is 11.4. The first-order valence-electron chi connectivity index (χ1n) is 8.33. The number of rotatable bonds is 9. The molecular weight excluding hydrogens is 370 g/mol. The number of benzene rings is 1. The zero-order valence-corrected chi connectivity index (χ0v) is 16.2. The van der Waals surface area contributed by atoms with Crippen LogP contribution in [0.3, 0.4) is 0 Å². The number of nitrogens with zero attached hydrogens (tertiary/aromatic N) is 2. The summed E-state index contributed by atoms with van der Waals surface area (Å²) in [6, 6.07) is 5.10. The fourth-order valence-electron chi connectivity index (χ4n) is 2.01. The Kier molecular flexibility index (Phi) is 7.75. The predicted molar refractivity (Wildman–Crippen MR) is 103 cm³/mol. The zero-order chi connectivity index (χ0) is 19.6. The molecule has 1 aromatic carbocycles. The molecule has 0 unspecified atom stereocenters. The van der Waals surface area contributed by atoms with Crippen molar-refractivity contribution in [2.45, 2.75) is 26.7 Å². The van der Waals surface area contributed by atoms with Crippen molar-refractivity contribution >= 4 is 34.6 Å². The molecule has 2 rings (SSSR count). The van der Waals surface area contributed by atoms with Gasteiger partial charge in [-0.05, 0) is 30.7 Å². The number of methoxy groups -OCH3 is 1. The Morgan fingerprint density at radius 2 is 2.07 bits per heavy atom. The number of thiazole rings is 1. The summed E-state index contributed by atoms with van der Waals surface area (Å²) in [6.07, 6.45) is 1.99. The van der Waals surface area contributed by atoms with Gasteiger partial charge in [-0.2, -0.15) is 5.10 Å². The number of anilines is 1. The molecule has 0 saturated heterocycles. The lowest BCUT2D eigenvalue weighted by Crippen LogP contribution is -2.07. The lowest BCUT2D eigenvalue weighted by atomic mass is 10.2. The van der Waals surface area contributed by atoms with E-state index < -0.39 is 0 Å². The summed E-state index contributed by atoms with van der Waals surface area (Å²) >= 11 is 1.34. The van der Waals surface area contributed by atoms with E-state index in [0.717, 1.165) is 5.56 Å². The fraction of sp³-hybridized carbons (Fsp3) is 0.333. The van der Waals surface area contributed by atoms with Gasteiger partial charge in [0.15, 0.2) is 11.5 Å². The predicted octanol–water partition coefficient (Wildman–Crippen LogP) is 3.02. The largest absolute Gasteiger partial charge is 0.493 e. The number of esters is 2. The van der Waals surface area contributed by atoms with E-state index in [4.69, 9.17) is 14.2 Å². The Morgan fingerprint density at radius 3 is 2.78 bits per heavy atom. The van der Waals surface area contributed by atoms with Gasteiger partial charge in [-0.25, -0.2) is 4.98 Å². The molecule has 27 heavy (non-hydrogen) atoms. The summed E-state index contributed by atoms with van der Waals surface area (Å²) in [5.74, 6) is 0.150. The van der Waals surface area contributed by atoms with Crippen LogP contribution < -0.4 is 14.9 Å². The van der Waals surface area contributed by atoms with Gasteiger partial charge in [0.05, 0.1) is 32.0 Å². The van der Waals surface area contributed by atoms with Crippen LogP contribution in [0.1, 0.15) is 31.5 Å². The Morgan fingerprint density at radius 1 is 1.26 bits per heavy atom. The molecule has 9 heteroatoms. The lowest BCUT2D eigenvalue weighted by molar-refractivity contribution is -0.142. The summed E-state index contributed by atoms with van der Waals surface area (Å²) in [5, 5.41) is 6.45. The molecular formula is C18H21N3O5S. The molecule has 8 nitrogen and oxygen atoms in total. The van der Waals surface area contributed by atoms with E-state index in [1.165, 1.54) is 18.4 Å². The van der Waals surface area contributed by atoms with Crippen LogP contribution in [0.15, 0.2) is 28.7 Å². The van der Waals surface area contributed by atoms with E-state index in [1.807, 2.05) is 0 Å². The average Bonchev–Trinajstić information content (AvgIpc) is 3.09. The molecule has 0 spiro atoms. The van der Waals surface area contributed by atoms with Gasteiger partial charge >= 0.3 is 11.9 Å². The molecule has 0 bridgehead atoms. The number of carbonyl (C=O) groups is 2. The molecule has 0 aliphatic heterocycles. The highest BCUT2D eigenvalue weighted by Crippen LogP contribution is 2.28. The Bertz CT molecular complexity index is 819. The van der Waals surface area contributed by atoms with E-state index in [-0.39, 0.29) is 24.8 Å². The van der Waals surface area contributed by atoms with Crippen LogP contribution in [0.2, 0.25) is 0 Å². The highest BCUT2D eigenvalue weighted by Gasteiger charge is 2.10. The van der Waals surface area contributed by atoms with E-state index in [0.29, 0.717) is 28.9 Å². The van der Waals surface area contributed by atoms with E-state index in [2.05, 4.69) is 15.5 Å². The third-order valence-electron chi connectivity index (χ3n) is 3.26. The second kappa shape index (κ2) is 10.3. The highest BCUT2D eigenvalue weighted by molar-refractivity contribution is 7.13. The molecule has 0 saturated carbocycles. The maximum Gasteiger partial charge on any atom is 0.311 e. The molecule has 0 aliphatic rings. The van der Waals surface area contributed by atoms with Crippen LogP contribution in [0.4, 0.5) is 5.13 Å². The van der Waals surface area contributed by atoms with Crippen molar-refractivity contribution < 1.29 is 23.8 Å². The first-order valence-corrected chi connectivity index (χ1v) is 9.21.